The minimum absolute atomic E-state index is 0.0808. The number of piperazine rings is 1. The zero-order valence-electron chi connectivity index (χ0n) is 14.5. The molecule has 24 heavy (non-hydrogen) atoms. The lowest BCUT2D eigenvalue weighted by molar-refractivity contribution is 0.0973. The minimum Gasteiger partial charge on any atom is -0.398 e. The standard InChI is InChI=1S/C18H27ClN4O/c1-12-10-22(11-15-7-16(19)8-17(20)13(15)2)5-6-23(12)18(24)21-9-14-3-4-14/h7-8,12,14H,3-6,9-11,20H2,1-2H3,(H,21,24). The first-order valence-electron chi connectivity index (χ1n) is 8.75. The number of nitrogens with one attached hydrogen (secondary N) is 1. The van der Waals surface area contributed by atoms with Gasteiger partial charge in [0, 0.05) is 49.5 Å². The number of nitrogens with two attached hydrogens (primary N) is 1. The second-order valence-corrected chi connectivity index (χ2v) is 7.62. The summed E-state index contributed by atoms with van der Waals surface area (Å²) in [5.41, 5.74) is 9.01. The molecule has 2 fully saturated rings. The molecule has 0 radical (unpaired) electrons. The second-order valence-electron chi connectivity index (χ2n) is 7.19. The molecule has 1 saturated heterocycles. The summed E-state index contributed by atoms with van der Waals surface area (Å²) < 4.78 is 0. The third-order valence-corrected chi connectivity index (χ3v) is 5.34. The smallest absolute Gasteiger partial charge is 0.317 e. The minimum atomic E-state index is 0.0808. The lowest BCUT2D eigenvalue weighted by Crippen LogP contribution is -2.56. The summed E-state index contributed by atoms with van der Waals surface area (Å²) >= 11 is 6.14. The zero-order chi connectivity index (χ0) is 17.3. The Hall–Kier alpha value is -1.46. The maximum absolute atomic E-state index is 12.3. The van der Waals surface area contributed by atoms with Crippen LogP contribution in [0.15, 0.2) is 12.1 Å². The van der Waals surface area contributed by atoms with Gasteiger partial charge in [-0.05, 0) is 55.9 Å². The summed E-state index contributed by atoms with van der Waals surface area (Å²) in [7, 11) is 0. The van der Waals surface area contributed by atoms with Crippen LogP contribution in [0.3, 0.4) is 0 Å². The Balaban J connectivity index is 1.56. The molecule has 1 atom stereocenters. The van der Waals surface area contributed by atoms with E-state index < -0.39 is 0 Å². The van der Waals surface area contributed by atoms with Crippen molar-refractivity contribution in [1.82, 2.24) is 15.1 Å². The number of nitrogen functional groups attached to an aromatic ring is 1. The number of anilines is 1. The van der Waals surface area contributed by atoms with E-state index in [9.17, 15) is 4.79 Å². The van der Waals surface area contributed by atoms with Crippen LogP contribution < -0.4 is 11.1 Å². The molecule has 1 saturated carbocycles. The fourth-order valence-corrected chi connectivity index (χ4v) is 3.55. The molecule has 5 nitrogen and oxygen atoms in total. The lowest BCUT2D eigenvalue weighted by atomic mass is 10.1. The van der Waals surface area contributed by atoms with Gasteiger partial charge in [0.25, 0.3) is 0 Å². The molecule has 132 valence electrons. The van der Waals surface area contributed by atoms with E-state index >= 15 is 0 Å². The van der Waals surface area contributed by atoms with E-state index in [4.69, 9.17) is 17.3 Å². The predicted octanol–water partition coefficient (Wildman–Crippen LogP) is 2.86. The third-order valence-electron chi connectivity index (χ3n) is 5.13. The van der Waals surface area contributed by atoms with Gasteiger partial charge in [0.1, 0.15) is 0 Å². The van der Waals surface area contributed by atoms with Gasteiger partial charge in [0.2, 0.25) is 0 Å². The van der Waals surface area contributed by atoms with Crippen molar-refractivity contribution >= 4 is 23.3 Å². The average molecular weight is 351 g/mol. The summed E-state index contributed by atoms with van der Waals surface area (Å²) in [6.45, 7) is 8.28. The van der Waals surface area contributed by atoms with Crippen LogP contribution in [0.4, 0.5) is 10.5 Å². The van der Waals surface area contributed by atoms with E-state index in [0.717, 1.165) is 44.0 Å². The normalized spacial score (nSPS) is 21.8. The predicted molar refractivity (Wildman–Crippen MR) is 98.2 cm³/mol. The Labute approximate surface area is 149 Å². The molecule has 1 unspecified atom stereocenters. The van der Waals surface area contributed by atoms with Crippen molar-refractivity contribution in [3.05, 3.63) is 28.3 Å². The number of hydrogen-bond acceptors (Lipinski definition) is 3. The summed E-state index contributed by atoms with van der Waals surface area (Å²) in [4.78, 5) is 16.6. The number of urea groups is 1. The highest BCUT2D eigenvalue weighted by Gasteiger charge is 2.29. The van der Waals surface area contributed by atoms with Crippen LogP contribution in [-0.4, -0.2) is 48.1 Å². The van der Waals surface area contributed by atoms with Gasteiger partial charge in [-0.15, -0.1) is 0 Å². The van der Waals surface area contributed by atoms with Crippen LogP contribution >= 0.6 is 11.6 Å². The van der Waals surface area contributed by atoms with Crippen LogP contribution in [-0.2, 0) is 6.54 Å². The van der Waals surface area contributed by atoms with E-state index in [1.807, 2.05) is 17.9 Å². The van der Waals surface area contributed by atoms with E-state index in [2.05, 4.69) is 17.1 Å². The molecule has 0 spiro atoms. The van der Waals surface area contributed by atoms with E-state index in [0.29, 0.717) is 10.9 Å². The summed E-state index contributed by atoms with van der Waals surface area (Å²) in [6.07, 6.45) is 2.51. The number of benzene rings is 1. The molecule has 3 N–H and O–H groups in total. The Bertz CT molecular complexity index is 617. The van der Waals surface area contributed by atoms with Crippen molar-refractivity contribution in [1.29, 1.82) is 0 Å². The Kier molecular flexibility index (Phi) is 5.21. The number of nitrogens with zero attached hydrogens (tertiary/aromatic N) is 2. The van der Waals surface area contributed by atoms with Crippen LogP contribution in [0.25, 0.3) is 0 Å². The maximum atomic E-state index is 12.3. The highest BCUT2D eigenvalue weighted by molar-refractivity contribution is 6.31. The number of halogens is 1. The Morgan fingerprint density at radius 3 is 2.79 bits per heavy atom. The third kappa shape index (κ3) is 4.14. The van der Waals surface area contributed by atoms with Crippen molar-refractivity contribution in [2.75, 3.05) is 31.9 Å². The topological polar surface area (TPSA) is 61.6 Å². The van der Waals surface area contributed by atoms with E-state index in [1.54, 1.807) is 6.07 Å². The summed E-state index contributed by atoms with van der Waals surface area (Å²) in [5, 5.41) is 3.75. The van der Waals surface area contributed by atoms with Crippen molar-refractivity contribution in [2.24, 2.45) is 5.92 Å². The number of rotatable bonds is 4. The average Bonchev–Trinajstić information content (AvgIpc) is 3.34. The van der Waals surface area contributed by atoms with Gasteiger partial charge in [-0.1, -0.05) is 11.6 Å². The molecule has 1 aliphatic heterocycles. The maximum Gasteiger partial charge on any atom is 0.317 e. The lowest BCUT2D eigenvalue weighted by Gasteiger charge is -2.40. The highest BCUT2D eigenvalue weighted by Crippen LogP contribution is 2.28. The molecular formula is C18H27ClN4O. The van der Waals surface area contributed by atoms with Crippen molar-refractivity contribution < 1.29 is 4.79 Å². The molecule has 6 heteroatoms. The number of carbonyl (C=O) groups excluding carboxylic acids is 1. The Morgan fingerprint density at radius 1 is 1.38 bits per heavy atom. The van der Waals surface area contributed by atoms with Gasteiger partial charge in [-0.3, -0.25) is 4.90 Å². The van der Waals surface area contributed by atoms with Gasteiger partial charge in [0.15, 0.2) is 0 Å². The molecule has 0 aromatic heterocycles. The number of hydrogen-bond donors (Lipinski definition) is 2. The number of amides is 2. The first-order valence-corrected chi connectivity index (χ1v) is 9.13. The van der Waals surface area contributed by atoms with Crippen LogP contribution in [0, 0.1) is 12.8 Å². The van der Waals surface area contributed by atoms with Crippen molar-refractivity contribution in [2.45, 2.75) is 39.3 Å². The van der Waals surface area contributed by atoms with E-state index in [1.165, 1.54) is 18.4 Å². The van der Waals surface area contributed by atoms with E-state index in [-0.39, 0.29) is 12.1 Å². The van der Waals surface area contributed by atoms with Crippen LogP contribution in [0.2, 0.25) is 5.02 Å². The molecule has 0 bridgehead atoms. The number of carbonyl (C=O) groups is 1. The molecule has 1 aliphatic carbocycles. The monoisotopic (exact) mass is 350 g/mol. The molecule has 1 aromatic rings. The van der Waals surface area contributed by atoms with Gasteiger partial charge in [0.05, 0.1) is 0 Å². The molecule has 1 aromatic carbocycles. The summed E-state index contributed by atoms with van der Waals surface area (Å²) in [6, 6.07) is 4.07. The molecule has 2 amide bonds. The SMILES string of the molecule is Cc1c(N)cc(Cl)cc1CN1CCN(C(=O)NCC2CC2)C(C)C1. The second kappa shape index (κ2) is 7.19. The quantitative estimate of drug-likeness (QED) is 0.821. The molecule has 1 heterocycles. The van der Waals surface area contributed by atoms with Crippen molar-refractivity contribution in [3.63, 3.8) is 0 Å². The van der Waals surface area contributed by atoms with Crippen molar-refractivity contribution in [3.8, 4) is 0 Å². The van der Waals surface area contributed by atoms with Gasteiger partial charge >= 0.3 is 6.03 Å². The Morgan fingerprint density at radius 2 is 2.12 bits per heavy atom. The fourth-order valence-electron chi connectivity index (χ4n) is 3.30. The molecule has 3 rings (SSSR count). The largest absolute Gasteiger partial charge is 0.398 e. The van der Waals surface area contributed by atoms with Gasteiger partial charge in [-0.25, -0.2) is 4.79 Å². The first-order chi connectivity index (χ1) is 11.4. The molecular weight excluding hydrogens is 324 g/mol. The zero-order valence-corrected chi connectivity index (χ0v) is 15.3. The highest BCUT2D eigenvalue weighted by atomic mass is 35.5. The van der Waals surface area contributed by atoms with Gasteiger partial charge < -0.3 is 16.0 Å². The first kappa shape index (κ1) is 17.4. The summed E-state index contributed by atoms with van der Waals surface area (Å²) in [5.74, 6) is 0.710. The van der Waals surface area contributed by atoms with Crippen LogP contribution in [0.5, 0.6) is 0 Å². The fraction of sp³-hybridized carbons (Fsp3) is 0.611. The molecule has 2 aliphatic rings. The van der Waals surface area contributed by atoms with Gasteiger partial charge in [-0.2, -0.15) is 0 Å². The van der Waals surface area contributed by atoms with Crippen LogP contribution in [0.1, 0.15) is 30.9 Å².